The third-order valence-corrected chi connectivity index (χ3v) is 7.26. The fraction of sp³-hybridized carbons (Fsp3) is 0.933. The molecule has 34 heavy (non-hydrogen) atoms. The first-order valence-electron chi connectivity index (χ1n) is 14.4. The first-order chi connectivity index (χ1) is 16.0. The average Bonchev–Trinajstić information content (AvgIpc) is 2.74. The Morgan fingerprint density at radius 3 is 1.50 bits per heavy atom. The van der Waals surface area contributed by atoms with Gasteiger partial charge in [-0.15, -0.1) is 0 Å². The van der Waals surface area contributed by atoms with Crippen LogP contribution in [0.25, 0.3) is 0 Å². The molecule has 0 radical (unpaired) electrons. The summed E-state index contributed by atoms with van der Waals surface area (Å²) >= 11 is 0. The molecule has 0 unspecified atom stereocenters. The molecule has 0 bridgehead atoms. The third kappa shape index (κ3) is 14.4. The molecule has 0 saturated heterocycles. The predicted molar refractivity (Wildman–Crippen MR) is 144 cm³/mol. The zero-order valence-electron chi connectivity index (χ0n) is 24.0. The van der Waals surface area contributed by atoms with Gasteiger partial charge in [-0.25, -0.2) is 0 Å². The van der Waals surface area contributed by atoms with Crippen molar-refractivity contribution in [2.24, 2.45) is 29.1 Å². The van der Waals surface area contributed by atoms with Crippen LogP contribution >= 0.6 is 0 Å². The second kappa shape index (κ2) is 19.2. The molecule has 202 valence electrons. The Bertz CT molecular complexity index is 514. The lowest BCUT2D eigenvalue weighted by atomic mass is 9.66. The summed E-state index contributed by atoms with van der Waals surface area (Å²) in [6.07, 6.45) is 13.4. The number of carbonyl (C=O) groups is 2. The highest BCUT2D eigenvalue weighted by molar-refractivity contribution is 5.77. The van der Waals surface area contributed by atoms with E-state index in [1.165, 1.54) is 12.8 Å². The van der Waals surface area contributed by atoms with Gasteiger partial charge in [-0.2, -0.15) is 0 Å². The first-order valence-corrected chi connectivity index (χ1v) is 14.4. The van der Waals surface area contributed by atoms with E-state index in [1.807, 2.05) is 0 Å². The standard InChI is InChI=1S/C30H58O4/c1-24(2)18-16-22-33-28(31)20-14-12-10-9-11-13-15-21-30(26(5)6,27(7)8)29(32)34-23-17-19-25(3)4/h24-27H,9-23H2,1-8H3. The second-order valence-corrected chi connectivity index (χ2v) is 11.8. The van der Waals surface area contributed by atoms with Crippen molar-refractivity contribution in [1.82, 2.24) is 0 Å². The molecule has 0 atom stereocenters. The fourth-order valence-electron chi connectivity index (χ4n) is 4.93. The van der Waals surface area contributed by atoms with Crippen LogP contribution in [-0.2, 0) is 19.1 Å². The summed E-state index contributed by atoms with van der Waals surface area (Å²) in [6, 6.07) is 0. The molecule has 4 nitrogen and oxygen atoms in total. The SMILES string of the molecule is CC(C)CCCOC(=O)CCCCCCCCCC(C(=O)OCCCC(C)C)(C(C)C)C(C)C. The lowest BCUT2D eigenvalue weighted by molar-refractivity contribution is -0.164. The van der Waals surface area contributed by atoms with E-state index in [2.05, 4.69) is 55.4 Å². The fourth-order valence-corrected chi connectivity index (χ4v) is 4.93. The second-order valence-electron chi connectivity index (χ2n) is 11.8. The Balaban J connectivity index is 4.13. The van der Waals surface area contributed by atoms with Gasteiger partial charge in [0.25, 0.3) is 0 Å². The lowest BCUT2D eigenvalue weighted by Crippen LogP contribution is -2.42. The molecule has 0 aliphatic carbocycles. The molecule has 0 aromatic heterocycles. The zero-order chi connectivity index (χ0) is 26.0. The molecule has 0 aliphatic heterocycles. The summed E-state index contributed by atoms with van der Waals surface area (Å²) in [6.45, 7) is 18.6. The number of hydrogen-bond donors (Lipinski definition) is 0. The summed E-state index contributed by atoms with van der Waals surface area (Å²) in [5.74, 6) is 1.83. The van der Waals surface area contributed by atoms with Crippen LogP contribution in [0.5, 0.6) is 0 Å². The van der Waals surface area contributed by atoms with E-state index in [4.69, 9.17) is 9.47 Å². The van der Waals surface area contributed by atoms with Crippen LogP contribution in [0.1, 0.15) is 139 Å². The maximum atomic E-state index is 13.1. The van der Waals surface area contributed by atoms with Crippen molar-refractivity contribution >= 4 is 11.9 Å². The van der Waals surface area contributed by atoms with Crippen molar-refractivity contribution < 1.29 is 19.1 Å². The number of esters is 2. The van der Waals surface area contributed by atoms with E-state index in [0.29, 0.717) is 31.5 Å². The van der Waals surface area contributed by atoms with Crippen LogP contribution in [0.15, 0.2) is 0 Å². The Labute approximate surface area is 212 Å². The number of carbonyl (C=O) groups excluding carboxylic acids is 2. The monoisotopic (exact) mass is 482 g/mol. The van der Waals surface area contributed by atoms with E-state index >= 15 is 0 Å². The van der Waals surface area contributed by atoms with Crippen LogP contribution in [0.4, 0.5) is 0 Å². The van der Waals surface area contributed by atoms with Gasteiger partial charge >= 0.3 is 11.9 Å². The lowest BCUT2D eigenvalue weighted by Gasteiger charge is -2.39. The van der Waals surface area contributed by atoms with Crippen LogP contribution in [0.2, 0.25) is 0 Å². The van der Waals surface area contributed by atoms with Crippen LogP contribution < -0.4 is 0 Å². The van der Waals surface area contributed by atoms with Gasteiger partial charge in [0.1, 0.15) is 0 Å². The van der Waals surface area contributed by atoms with Crippen LogP contribution in [0.3, 0.4) is 0 Å². The van der Waals surface area contributed by atoms with Gasteiger partial charge in [0.15, 0.2) is 0 Å². The highest BCUT2D eigenvalue weighted by Crippen LogP contribution is 2.42. The van der Waals surface area contributed by atoms with Gasteiger partial charge in [0.05, 0.1) is 18.6 Å². The summed E-state index contributed by atoms with van der Waals surface area (Å²) in [4.78, 5) is 24.9. The molecule has 4 heteroatoms. The number of ether oxygens (including phenoxy) is 2. The largest absolute Gasteiger partial charge is 0.466 e. The number of rotatable bonds is 21. The Hall–Kier alpha value is -1.06. The van der Waals surface area contributed by atoms with Crippen molar-refractivity contribution in [2.75, 3.05) is 13.2 Å². The van der Waals surface area contributed by atoms with Crippen LogP contribution in [-0.4, -0.2) is 25.2 Å². The van der Waals surface area contributed by atoms with Gasteiger partial charge in [0.2, 0.25) is 0 Å². The topological polar surface area (TPSA) is 52.6 Å². The highest BCUT2D eigenvalue weighted by Gasteiger charge is 2.45. The van der Waals surface area contributed by atoms with Crippen molar-refractivity contribution in [3.05, 3.63) is 0 Å². The van der Waals surface area contributed by atoms with Gasteiger partial charge in [-0.3, -0.25) is 9.59 Å². The summed E-state index contributed by atoms with van der Waals surface area (Å²) in [5.41, 5.74) is -0.382. The quantitative estimate of drug-likeness (QED) is 0.121. The number of unbranched alkanes of at least 4 members (excludes halogenated alkanes) is 6. The van der Waals surface area contributed by atoms with E-state index in [9.17, 15) is 9.59 Å². The van der Waals surface area contributed by atoms with E-state index < -0.39 is 0 Å². The Morgan fingerprint density at radius 2 is 1.03 bits per heavy atom. The van der Waals surface area contributed by atoms with Crippen molar-refractivity contribution in [2.45, 2.75) is 139 Å². The Morgan fingerprint density at radius 1 is 0.588 bits per heavy atom. The summed E-state index contributed by atoms with van der Waals surface area (Å²) < 4.78 is 11.1. The predicted octanol–water partition coefficient (Wildman–Crippen LogP) is 8.75. The summed E-state index contributed by atoms with van der Waals surface area (Å²) in [7, 11) is 0. The normalized spacial score (nSPS) is 12.2. The molecule has 0 fully saturated rings. The molecule has 0 saturated carbocycles. The van der Waals surface area contributed by atoms with Crippen LogP contribution in [0, 0.1) is 29.1 Å². The minimum absolute atomic E-state index is 0.0114. The highest BCUT2D eigenvalue weighted by atomic mass is 16.5. The molecule has 0 amide bonds. The molecular formula is C30H58O4. The minimum Gasteiger partial charge on any atom is -0.466 e. The number of hydrogen-bond acceptors (Lipinski definition) is 4. The molecule has 0 aromatic rings. The van der Waals surface area contributed by atoms with E-state index in [-0.39, 0.29) is 29.2 Å². The molecule has 0 spiro atoms. The van der Waals surface area contributed by atoms with Gasteiger partial charge in [0, 0.05) is 6.42 Å². The van der Waals surface area contributed by atoms with Crippen molar-refractivity contribution in [3.63, 3.8) is 0 Å². The maximum Gasteiger partial charge on any atom is 0.312 e. The average molecular weight is 483 g/mol. The van der Waals surface area contributed by atoms with E-state index in [0.717, 1.165) is 64.2 Å². The molecular weight excluding hydrogens is 424 g/mol. The van der Waals surface area contributed by atoms with E-state index in [1.54, 1.807) is 0 Å². The van der Waals surface area contributed by atoms with Gasteiger partial charge in [-0.1, -0.05) is 93.9 Å². The molecule has 0 heterocycles. The molecule has 0 rings (SSSR count). The smallest absolute Gasteiger partial charge is 0.312 e. The first kappa shape index (κ1) is 32.9. The Kier molecular flexibility index (Phi) is 18.6. The van der Waals surface area contributed by atoms with Gasteiger partial charge < -0.3 is 9.47 Å². The van der Waals surface area contributed by atoms with Crippen molar-refractivity contribution in [1.29, 1.82) is 0 Å². The summed E-state index contributed by atoms with van der Waals surface area (Å²) in [5, 5.41) is 0. The van der Waals surface area contributed by atoms with Gasteiger partial charge in [-0.05, 0) is 62.2 Å². The maximum absolute atomic E-state index is 13.1. The minimum atomic E-state index is -0.382. The zero-order valence-corrected chi connectivity index (χ0v) is 24.0. The molecule has 0 aliphatic rings. The molecule has 0 aromatic carbocycles. The van der Waals surface area contributed by atoms with Crippen molar-refractivity contribution in [3.8, 4) is 0 Å². The molecule has 0 N–H and O–H groups in total. The third-order valence-electron chi connectivity index (χ3n) is 7.26.